The summed E-state index contributed by atoms with van der Waals surface area (Å²) in [4.78, 5) is 12.8. The van der Waals surface area contributed by atoms with Crippen molar-refractivity contribution >= 4 is 29.1 Å². The first-order valence-electron chi connectivity index (χ1n) is 10.6. The van der Waals surface area contributed by atoms with Crippen molar-refractivity contribution in [3.05, 3.63) is 107 Å². The second-order valence-electron chi connectivity index (χ2n) is 7.54. The number of rotatable bonds is 7. The Balaban J connectivity index is 1.27. The number of hydrogen-bond acceptors (Lipinski definition) is 4. The number of para-hydroxylation sites is 1. The Morgan fingerprint density at radius 1 is 0.912 bits per heavy atom. The maximum Gasteiger partial charge on any atom is 0.271 e. The Kier molecular flexibility index (Phi) is 6.25. The van der Waals surface area contributed by atoms with Crippen LogP contribution in [0.1, 0.15) is 16.2 Å². The lowest BCUT2D eigenvalue weighted by Crippen LogP contribution is -2.26. The van der Waals surface area contributed by atoms with Crippen LogP contribution in [0.2, 0.25) is 10.0 Å². The summed E-state index contributed by atoms with van der Waals surface area (Å²) in [5.41, 5.74) is 2.66. The number of nitrogens with zero attached hydrogens (tertiary/aromatic N) is 2. The summed E-state index contributed by atoms with van der Waals surface area (Å²) in [5, 5.41) is 8.38. The second kappa shape index (κ2) is 9.63. The molecule has 2 aromatic carbocycles. The average Bonchev–Trinajstić information content (AvgIpc) is 3.62. The van der Waals surface area contributed by atoms with Gasteiger partial charge in [-0.1, -0.05) is 41.4 Å². The fourth-order valence-electron chi connectivity index (χ4n) is 3.56. The molecule has 3 aromatic heterocycles. The Morgan fingerprint density at radius 3 is 2.53 bits per heavy atom. The number of hydrogen-bond donors (Lipinski definition) is 1. The lowest BCUT2D eigenvalue weighted by molar-refractivity contribution is 0.0948. The molecule has 3 heterocycles. The predicted octanol–water partition coefficient (Wildman–Crippen LogP) is 6.67. The molecule has 34 heavy (non-hydrogen) atoms. The fourth-order valence-corrected chi connectivity index (χ4v) is 3.86. The smallest absolute Gasteiger partial charge is 0.271 e. The third-order valence-electron chi connectivity index (χ3n) is 5.24. The molecule has 5 rings (SSSR count). The van der Waals surface area contributed by atoms with E-state index in [4.69, 9.17) is 32.0 Å². The molecule has 8 heteroatoms. The maximum absolute atomic E-state index is 12.8. The summed E-state index contributed by atoms with van der Waals surface area (Å²) in [6, 6.07) is 24.0. The predicted molar refractivity (Wildman–Crippen MR) is 131 cm³/mol. The van der Waals surface area contributed by atoms with Crippen LogP contribution in [0.25, 0.3) is 28.5 Å². The number of benzene rings is 2. The minimum absolute atomic E-state index is 0.279. The Bertz CT molecular complexity index is 1420. The Hall–Kier alpha value is -3.74. The summed E-state index contributed by atoms with van der Waals surface area (Å²) >= 11 is 12.1. The van der Waals surface area contributed by atoms with E-state index in [0.717, 1.165) is 17.0 Å². The largest absolute Gasteiger partial charge is 0.463 e. The molecule has 0 aliphatic carbocycles. The van der Waals surface area contributed by atoms with Crippen LogP contribution in [-0.4, -0.2) is 22.2 Å². The van der Waals surface area contributed by atoms with Gasteiger partial charge in [-0.15, -0.1) is 0 Å². The van der Waals surface area contributed by atoms with Crippen molar-refractivity contribution in [2.24, 2.45) is 0 Å². The summed E-state index contributed by atoms with van der Waals surface area (Å²) in [6.07, 6.45) is 2.12. The van der Waals surface area contributed by atoms with Crippen molar-refractivity contribution in [2.75, 3.05) is 6.54 Å². The van der Waals surface area contributed by atoms with Gasteiger partial charge in [0.1, 0.15) is 17.2 Å². The van der Waals surface area contributed by atoms with Crippen LogP contribution in [-0.2, 0) is 6.42 Å². The number of aromatic nitrogens is 2. The molecular weight excluding hydrogens is 473 g/mol. The van der Waals surface area contributed by atoms with Crippen LogP contribution < -0.4 is 5.32 Å². The Labute approximate surface area is 205 Å². The van der Waals surface area contributed by atoms with Crippen LogP contribution >= 0.6 is 23.2 Å². The number of nitrogens with one attached hydrogen (secondary N) is 1. The van der Waals surface area contributed by atoms with E-state index in [1.165, 1.54) is 0 Å². The van der Waals surface area contributed by atoms with E-state index >= 15 is 0 Å². The molecule has 0 saturated carbocycles. The van der Waals surface area contributed by atoms with Gasteiger partial charge >= 0.3 is 0 Å². The average molecular weight is 492 g/mol. The summed E-state index contributed by atoms with van der Waals surface area (Å²) in [5.74, 6) is 1.77. The lowest BCUT2D eigenvalue weighted by atomic mass is 10.2. The topological polar surface area (TPSA) is 73.2 Å². The van der Waals surface area contributed by atoms with E-state index < -0.39 is 0 Å². The molecule has 0 saturated heterocycles. The zero-order chi connectivity index (χ0) is 23.5. The molecular formula is C26H19Cl2N3O3. The lowest BCUT2D eigenvalue weighted by Gasteiger charge is -2.05. The normalized spacial score (nSPS) is 11.0. The van der Waals surface area contributed by atoms with Gasteiger partial charge in [0, 0.05) is 24.6 Å². The third kappa shape index (κ3) is 4.64. The molecule has 0 spiro atoms. The van der Waals surface area contributed by atoms with Gasteiger partial charge in [-0.05, 0) is 54.6 Å². The third-order valence-corrected chi connectivity index (χ3v) is 5.98. The van der Waals surface area contributed by atoms with Gasteiger partial charge in [-0.3, -0.25) is 4.79 Å². The number of carbonyl (C=O) groups excluding carboxylic acids is 1. The fraction of sp³-hybridized carbons (Fsp3) is 0.0769. The standard InChI is InChI=1S/C26H19Cl2N3O3/c27-20-10-8-17(15-21(20)28)24-11-9-19(34-24)12-13-29-26(32)22-16-23(25-7-4-14-33-25)31(30-22)18-5-2-1-3-6-18/h1-11,14-16H,12-13H2,(H,29,32). The van der Waals surface area contributed by atoms with Gasteiger partial charge < -0.3 is 14.2 Å². The maximum atomic E-state index is 12.8. The SMILES string of the molecule is O=C(NCCc1ccc(-c2ccc(Cl)c(Cl)c2)o1)c1cc(-c2ccco2)n(-c2ccccc2)n1. The van der Waals surface area contributed by atoms with Crippen LogP contribution in [0.5, 0.6) is 0 Å². The highest BCUT2D eigenvalue weighted by Crippen LogP contribution is 2.30. The monoisotopic (exact) mass is 491 g/mol. The van der Waals surface area contributed by atoms with E-state index in [-0.39, 0.29) is 5.91 Å². The van der Waals surface area contributed by atoms with Gasteiger partial charge in [0.25, 0.3) is 5.91 Å². The second-order valence-corrected chi connectivity index (χ2v) is 8.35. The Morgan fingerprint density at radius 2 is 1.76 bits per heavy atom. The van der Waals surface area contributed by atoms with E-state index in [1.807, 2.05) is 54.6 Å². The number of carbonyl (C=O) groups is 1. The summed E-state index contributed by atoms with van der Waals surface area (Å²) in [7, 11) is 0. The molecule has 0 bridgehead atoms. The van der Waals surface area contributed by atoms with Crippen LogP contribution in [0.15, 0.2) is 94.0 Å². The molecule has 0 radical (unpaired) electrons. The minimum atomic E-state index is -0.279. The molecule has 0 aliphatic rings. The molecule has 0 aliphatic heterocycles. The molecule has 0 fully saturated rings. The van der Waals surface area contributed by atoms with Crippen molar-refractivity contribution in [3.63, 3.8) is 0 Å². The van der Waals surface area contributed by atoms with Crippen molar-refractivity contribution in [1.29, 1.82) is 0 Å². The first kappa shape index (κ1) is 22.1. The van der Waals surface area contributed by atoms with Gasteiger partial charge in [0.2, 0.25) is 0 Å². The number of furan rings is 2. The van der Waals surface area contributed by atoms with Gasteiger partial charge in [0.05, 0.1) is 22.0 Å². The molecule has 6 nitrogen and oxygen atoms in total. The van der Waals surface area contributed by atoms with Gasteiger partial charge in [-0.25, -0.2) is 4.68 Å². The molecule has 5 aromatic rings. The highest BCUT2D eigenvalue weighted by Gasteiger charge is 2.18. The van der Waals surface area contributed by atoms with E-state index in [0.29, 0.717) is 45.9 Å². The summed E-state index contributed by atoms with van der Waals surface area (Å²) < 4.78 is 13.1. The zero-order valence-corrected chi connectivity index (χ0v) is 19.4. The molecule has 0 unspecified atom stereocenters. The van der Waals surface area contributed by atoms with Crippen molar-refractivity contribution < 1.29 is 13.6 Å². The number of halogens is 2. The minimum Gasteiger partial charge on any atom is -0.463 e. The molecule has 1 N–H and O–H groups in total. The van der Waals surface area contributed by atoms with Gasteiger partial charge in [-0.2, -0.15) is 5.10 Å². The van der Waals surface area contributed by atoms with E-state index in [9.17, 15) is 4.79 Å². The molecule has 0 atom stereocenters. The van der Waals surface area contributed by atoms with Crippen LogP contribution in [0.4, 0.5) is 0 Å². The van der Waals surface area contributed by atoms with Crippen molar-refractivity contribution in [3.8, 4) is 28.5 Å². The van der Waals surface area contributed by atoms with Crippen LogP contribution in [0, 0.1) is 0 Å². The first-order chi connectivity index (χ1) is 16.6. The van der Waals surface area contributed by atoms with Crippen molar-refractivity contribution in [1.82, 2.24) is 15.1 Å². The van der Waals surface area contributed by atoms with E-state index in [1.54, 1.807) is 35.2 Å². The first-order valence-corrected chi connectivity index (χ1v) is 11.4. The highest BCUT2D eigenvalue weighted by atomic mass is 35.5. The van der Waals surface area contributed by atoms with E-state index in [2.05, 4.69) is 10.4 Å². The van der Waals surface area contributed by atoms with Crippen molar-refractivity contribution in [2.45, 2.75) is 6.42 Å². The highest BCUT2D eigenvalue weighted by molar-refractivity contribution is 6.42. The molecule has 170 valence electrons. The summed E-state index contributed by atoms with van der Waals surface area (Å²) in [6.45, 7) is 0.390. The molecule has 1 amide bonds. The van der Waals surface area contributed by atoms with Crippen LogP contribution in [0.3, 0.4) is 0 Å². The zero-order valence-electron chi connectivity index (χ0n) is 17.9. The van der Waals surface area contributed by atoms with Gasteiger partial charge in [0.15, 0.2) is 11.5 Å². The number of amides is 1. The quantitative estimate of drug-likeness (QED) is 0.275.